The van der Waals surface area contributed by atoms with Crippen LogP contribution in [0.3, 0.4) is 0 Å². The van der Waals surface area contributed by atoms with E-state index in [0.717, 1.165) is 19.4 Å². The first-order valence-electron chi connectivity index (χ1n) is 6.82. The quantitative estimate of drug-likeness (QED) is 0.549. The third-order valence-electron chi connectivity index (χ3n) is 3.42. The van der Waals surface area contributed by atoms with E-state index in [2.05, 4.69) is 30.7 Å². The molecular weight excluding hydrogens is 308 g/mol. The van der Waals surface area contributed by atoms with Gasteiger partial charge in [0.15, 0.2) is 0 Å². The fourth-order valence-corrected chi connectivity index (χ4v) is 5.30. The zero-order valence-electron chi connectivity index (χ0n) is 11.9. The summed E-state index contributed by atoms with van der Waals surface area (Å²) in [6, 6.07) is 0. The number of hydrogen-bond acceptors (Lipinski definition) is 5. The van der Waals surface area contributed by atoms with Crippen molar-refractivity contribution in [2.75, 3.05) is 13.1 Å². The maximum absolute atomic E-state index is 12.5. The van der Waals surface area contributed by atoms with Gasteiger partial charge in [0.25, 0.3) is 0 Å². The predicted octanol–water partition coefficient (Wildman–Crippen LogP) is 3.44. The lowest BCUT2D eigenvalue weighted by molar-refractivity contribution is -0.126. The highest BCUT2D eigenvalue weighted by Gasteiger charge is 2.45. The summed E-state index contributed by atoms with van der Waals surface area (Å²) < 4.78 is 0.681. The van der Waals surface area contributed by atoms with Crippen LogP contribution in [0.15, 0.2) is 23.8 Å². The lowest BCUT2D eigenvalue weighted by Gasteiger charge is -2.30. The molecule has 2 unspecified atom stereocenters. The molecule has 1 amide bonds. The second kappa shape index (κ2) is 7.00. The van der Waals surface area contributed by atoms with Crippen LogP contribution in [0.1, 0.15) is 26.7 Å². The summed E-state index contributed by atoms with van der Waals surface area (Å²) in [5, 5.41) is 2.23. The van der Waals surface area contributed by atoms with Crippen molar-refractivity contribution in [3.8, 4) is 0 Å². The van der Waals surface area contributed by atoms with Crippen molar-refractivity contribution in [2.45, 2.75) is 37.3 Å². The summed E-state index contributed by atoms with van der Waals surface area (Å²) >= 11 is 8.59. The fraction of sp³-hybridized carbons (Fsp3) is 0.571. The Labute approximate surface area is 134 Å². The average molecular weight is 329 g/mol. The van der Waals surface area contributed by atoms with Crippen molar-refractivity contribution < 1.29 is 4.79 Å². The first-order chi connectivity index (χ1) is 9.60. The Morgan fingerprint density at radius 2 is 2.30 bits per heavy atom. The van der Waals surface area contributed by atoms with Crippen LogP contribution in [-0.2, 0) is 4.79 Å². The second-order valence-corrected chi connectivity index (χ2v) is 7.64. The van der Waals surface area contributed by atoms with Crippen LogP contribution < -0.4 is 0 Å². The molecular formula is C14H20N2OS3. The topological polar surface area (TPSA) is 23.6 Å². The molecule has 0 bridgehead atoms. The standard InChI is InChI=1S/C14H20N2OS3/c1-4-6-8-15-10(3)9-19-13(15)11-12(17)16(7-5-2)14(18)20-11/h5,9,11,13H,2,4,6-8H2,1,3H3. The van der Waals surface area contributed by atoms with Crippen LogP contribution >= 0.6 is 35.7 Å². The van der Waals surface area contributed by atoms with Gasteiger partial charge in [0.1, 0.15) is 14.9 Å². The Bertz CT molecular complexity index is 450. The van der Waals surface area contributed by atoms with E-state index in [-0.39, 0.29) is 16.5 Å². The summed E-state index contributed by atoms with van der Waals surface area (Å²) in [5.41, 5.74) is 1.26. The number of rotatable bonds is 6. The second-order valence-electron chi connectivity index (χ2n) is 4.87. The van der Waals surface area contributed by atoms with Gasteiger partial charge < -0.3 is 4.90 Å². The smallest absolute Gasteiger partial charge is 0.244 e. The monoisotopic (exact) mass is 328 g/mol. The van der Waals surface area contributed by atoms with Gasteiger partial charge in [0.05, 0.1) is 0 Å². The first-order valence-corrected chi connectivity index (χ1v) is 9.05. The molecule has 6 heteroatoms. The number of allylic oxidation sites excluding steroid dienone is 1. The molecule has 0 aromatic carbocycles. The van der Waals surface area contributed by atoms with Gasteiger partial charge in [-0.1, -0.05) is 43.4 Å². The SMILES string of the molecule is C=CCN1C(=O)C(C2SC=C(C)N2CCCC)SC1=S. The van der Waals surface area contributed by atoms with Crippen LogP contribution in [0.5, 0.6) is 0 Å². The Balaban J connectivity index is 2.09. The van der Waals surface area contributed by atoms with Crippen molar-refractivity contribution in [3.63, 3.8) is 0 Å². The molecule has 20 heavy (non-hydrogen) atoms. The first kappa shape index (κ1) is 15.9. The molecule has 2 rings (SSSR count). The van der Waals surface area contributed by atoms with E-state index < -0.39 is 0 Å². The maximum atomic E-state index is 12.5. The summed E-state index contributed by atoms with van der Waals surface area (Å²) in [4.78, 5) is 16.5. The minimum Gasteiger partial charge on any atom is -0.361 e. The molecule has 2 aliphatic heterocycles. The molecule has 0 aliphatic carbocycles. The van der Waals surface area contributed by atoms with E-state index >= 15 is 0 Å². The number of thiocarbonyl (C=S) groups is 1. The molecule has 0 radical (unpaired) electrons. The number of thioether (sulfide) groups is 2. The molecule has 2 heterocycles. The molecule has 0 spiro atoms. The highest BCUT2D eigenvalue weighted by atomic mass is 32.2. The Morgan fingerprint density at radius 1 is 1.55 bits per heavy atom. The number of nitrogens with zero attached hydrogens (tertiary/aromatic N) is 2. The molecule has 0 N–H and O–H groups in total. The predicted molar refractivity (Wildman–Crippen MR) is 92.6 cm³/mol. The number of carbonyl (C=O) groups is 1. The molecule has 0 saturated carbocycles. The molecule has 2 atom stereocenters. The third-order valence-corrected chi connectivity index (χ3v) is 6.52. The van der Waals surface area contributed by atoms with Crippen molar-refractivity contribution in [2.24, 2.45) is 0 Å². The van der Waals surface area contributed by atoms with Gasteiger partial charge in [-0.3, -0.25) is 9.69 Å². The number of unbranched alkanes of at least 4 members (excludes halogenated alkanes) is 1. The Morgan fingerprint density at radius 3 is 2.95 bits per heavy atom. The molecule has 3 nitrogen and oxygen atoms in total. The minimum atomic E-state index is -0.0991. The Kier molecular flexibility index (Phi) is 5.57. The summed E-state index contributed by atoms with van der Waals surface area (Å²) in [5.74, 6) is 0.127. The number of hydrogen-bond donors (Lipinski definition) is 0. The lowest BCUT2D eigenvalue weighted by Crippen LogP contribution is -2.42. The van der Waals surface area contributed by atoms with Crippen molar-refractivity contribution >= 4 is 46.0 Å². The highest BCUT2D eigenvalue weighted by Crippen LogP contribution is 2.41. The highest BCUT2D eigenvalue weighted by molar-refractivity contribution is 8.24. The van der Waals surface area contributed by atoms with E-state index in [1.807, 2.05) is 0 Å². The maximum Gasteiger partial charge on any atom is 0.244 e. The largest absolute Gasteiger partial charge is 0.361 e. The molecule has 0 aromatic heterocycles. The third kappa shape index (κ3) is 3.07. The van der Waals surface area contributed by atoms with Gasteiger partial charge in [-0.2, -0.15) is 0 Å². The summed E-state index contributed by atoms with van der Waals surface area (Å²) in [6.07, 6.45) is 4.04. The molecule has 2 aliphatic rings. The van der Waals surface area contributed by atoms with Gasteiger partial charge in [-0.25, -0.2) is 0 Å². The van der Waals surface area contributed by atoms with Crippen LogP contribution in [0.2, 0.25) is 0 Å². The average Bonchev–Trinajstić information content (AvgIpc) is 2.91. The summed E-state index contributed by atoms with van der Waals surface area (Å²) in [7, 11) is 0. The summed E-state index contributed by atoms with van der Waals surface area (Å²) in [6.45, 7) is 9.52. The van der Waals surface area contributed by atoms with Crippen molar-refractivity contribution in [3.05, 3.63) is 23.8 Å². The van der Waals surface area contributed by atoms with E-state index in [0.29, 0.717) is 10.9 Å². The van der Waals surface area contributed by atoms with Crippen LogP contribution in [0.25, 0.3) is 0 Å². The van der Waals surface area contributed by atoms with E-state index in [1.165, 1.54) is 17.5 Å². The van der Waals surface area contributed by atoms with E-state index in [1.54, 1.807) is 22.7 Å². The zero-order chi connectivity index (χ0) is 14.7. The Hall–Kier alpha value is -0.460. The van der Waals surface area contributed by atoms with E-state index in [9.17, 15) is 4.79 Å². The zero-order valence-corrected chi connectivity index (χ0v) is 14.3. The van der Waals surface area contributed by atoms with Gasteiger partial charge >= 0.3 is 0 Å². The van der Waals surface area contributed by atoms with Gasteiger partial charge in [0.2, 0.25) is 5.91 Å². The van der Waals surface area contributed by atoms with E-state index in [4.69, 9.17) is 12.2 Å². The van der Waals surface area contributed by atoms with Gasteiger partial charge in [-0.05, 0) is 18.8 Å². The minimum absolute atomic E-state index is 0.0991. The molecule has 110 valence electrons. The number of amides is 1. The van der Waals surface area contributed by atoms with Crippen LogP contribution in [0.4, 0.5) is 0 Å². The lowest BCUT2D eigenvalue weighted by atomic mass is 10.2. The molecule has 1 fully saturated rings. The molecule has 0 aromatic rings. The van der Waals surface area contributed by atoms with Gasteiger partial charge in [0, 0.05) is 18.8 Å². The van der Waals surface area contributed by atoms with Crippen LogP contribution in [-0.4, -0.2) is 43.7 Å². The molecule has 1 saturated heterocycles. The van der Waals surface area contributed by atoms with Crippen molar-refractivity contribution in [1.82, 2.24) is 9.80 Å². The fourth-order valence-electron chi connectivity index (χ4n) is 2.32. The normalized spacial score (nSPS) is 26.4. The van der Waals surface area contributed by atoms with Gasteiger partial charge in [-0.15, -0.1) is 18.3 Å². The number of carbonyl (C=O) groups excluding carboxylic acids is 1. The van der Waals surface area contributed by atoms with Crippen LogP contribution in [0, 0.1) is 0 Å². The van der Waals surface area contributed by atoms with Crippen molar-refractivity contribution in [1.29, 1.82) is 0 Å².